The van der Waals surface area contributed by atoms with Crippen molar-refractivity contribution in [3.8, 4) is 6.07 Å². The standard InChI is InChI=1S/C11H14N2OS/c12-9-11(3-5-14-6-4-11)13-8-10-2-1-7-15-10/h1-2,7,13H,3-6,8H2. The van der Waals surface area contributed by atoms with Gasteiger partial charge in [0.05, 0.1) is 6.07 Å². The van der Waals surface area contributed by atoms with Gasteiger partial charge in [-0.25, -0.2) is 0 Å². The molecule has 1 aliphatic rings. The zero-order valence-corrected chi connectivity index (χ0v) is 9.35. The van der Waals surface area contributed by atoms with Crippen molar-refractivity contribution >= 4 is 11.3 Å². The summed E-state index contributed by atoms with van der Waals surface area (Å²) in [5.41, 5.74) is -0.373. The molecule has 1 fully saturated rings. The first-order valence-corrected chi connectivity index (χ1v) is 5.99. The van der Waals surface area contributed by atoms with Gasteiger partial charge in [0.1, 0.15) is 5.54 Å². The minimum atomic E-state index is -0.373. The van der Waals surface area contributed by atoms with E-state index in [1.807, 2.05) is 6.07 Å². The van der Waals surface area contributed by atoms with Gasteiger partial charge in [-0.15, -0.1) is 11.3 Å². The van der Waals surface area contributed by atoms with Crippen molar-refractivity contribution < 1.29 is 4.74 Å². The smallest absolute Gasteiger partial charge is 0.111 e. The lowest BCUT2D eigenvalue weighted by Gasteiger charge is -2.31. The number of nitrogens with one attached hydrogen (secondary N) is 1. The summed E-state index contributed by atoms with van der Waals surface area (Å²) in [4.78, 5) is 1.27. The second-order valence-electron chi connectivity index (χ2n) is 3.74. The molecule has 1 saturated heterocycles. The van der Waals surface area contributed by atoms with E-state index in [2.05, 4.69) is 22.8 Å². The van der Waals surface area contributed by atoms with Crippen molar-refractivity contribution in [2.24, 2.45) is 0 Å². The maximum Gasteiger partial charge on any atom is 0.111 e. The normalized spacial score (nSPS) is 19.7. The number of thiophene rings is 1. The lowest BCUT2D eigenvalue weighted by molar-refractivity contribution is 0.0574. The molecule has 0 spiro atoms. The number of nitrogens with zero attached hydrogens (tertiary/aromatic N) is 1. The van der Waals surface area contributed by atoms with Crippen LogP contribution in [0.2, 0.25) is 0 Å². The van der Waals surface area contributed by atoms with Crippen LogP contribution in [-0.4, -0.2) is 18.8 Å². The van der Waals surface area contributed by atoms with Crippen LogP contribution >= 0.6 is 11.3 Å². The SMILES string of the molecule is N#CC1(NCc2cccs2)CCOCC1. The highest BCUT2D eigenvalue weighted by Crippen LogP contribution is 2.21. The average Bonchev–Trinajstić information content (AvgIpc) is 2.81. The van der Waals surface area contributed by atoms with Gasteiger partial charge in [-0.3, -0.25) is 5.32 Å². The molecule has 0 aliphatic carbocycles. The molecule has 0 atom stereocenters. The van der Waals surface area contributed by atoms with Gasteiger partial charge in [-0.05, 0) is 11.4 Å². The number of ether oxygens (including phenoxy) is 1. The van der Waals surface area contributed by atoms with E-state index in [4.69, 9.17) is 4.74 Å². The third-order valence-electron chi connectivity index (χ3n) is 2.74. The predicted octanol–water partition coefficient (Wildman–Crippen LogP) is 1.91. The van der Waals surface area contributed by atoms with E-state index in [0.717, 1.165) is 19.4 Å². The van der Waals surface area contributed by atoms with Crippen LogP contribution in [0.5, 0.6) is 0 Å². The molecular weight excluding hydrogens is 208 g/mol. The molecule has 2 rings (SSSR count). The van der Waals surface area contributed by atoms with Gasteiger partial charge < -0.3 is 4.74 Å². The van der Waals surface area contributed by atoms with E-state index in [1.54, 1.807) is 11.3 Å². The maximum atomic E-state index is 9.21. The van der Waals surface area contributed by atoms with E-state index in [0.29, 0.717) is 13.2 Å². The number of nitriles is 1. The quantitative estimate of drug-likeness (QED) is 0.849. The Labute approximate surface area is 93.7 Å². The van der Waals surface area contributed by atoms with Crippen LogP contribution in [0.4, 0.5) is 0 Å². The molecule has 0 unspecified atom stereocenters. The van der Waals surface area contributed by atoms with Crippen molar-refractivity contribution in [2.75, 3.05) is 13.2 Å². The number of hydrogen-bond donors (Lipinski definition) is 1. The molecule has 0 saturated carbocycles. The van der Waals surface area contributed by atoms with Crippen LogP contribution in [0, 0.1) is 11.3 Å². The van der Waals surface area contributed by atoms with Gasteiger partial charge in [0, 0.05) is 37.5 Å². The molecule has 0 bridgehead atoms. The van der Waals surface area contributed by atoms with Crippen LogP contribution in [0.25, 0.3) is 0 Å². The summed E-state index contributed by atoms with van der Waals surface area (Å²) in [6.07, 6.45) is 1.57. The Morgan fingerprint density at radius 2 is 2.33 bits per heavy atom. The van der Waals surface area contributed by atoms with Crippen molar-refractivity contribution in [1.82, 2.24) is 5.32 Å². The fourth-order valence-electron chi connectivity index (χ4n) is 1.72. The molecule has 2 heterocycles. The third-order valence-corrected chi connectivity index (χ3v) is 3.62. The molecule has 80 valence electrons. The summed E-state index contributed by atoms with van der Waals surface area (Å²) < 4.78 is 5.28. The molecule has 0 radical (unpaired) electrons. The predicted molar refractivity (Wildman–Crippen MR) is 59.6 cm³/mol. The Hall–Kier alpha value is -0.890. The van der Waals surface area contributed by atoms with Crippen molar-refractivity contribution in [3.63, 3.8) is 0 Å². The molecular formula is C11H14N2OS. The van der Waals surface area contributed by atoms with E-state index >= 15 is 0 Å². The van der Waals surface area contributed by atoms with E-state index in [-0.39, 0.29) is 5.54 Å². The molecule has 1 aromatic rings. The molecule has 1 aromatic heterocycles. The number of rotatable bonds is 3. The summed E-state index contributed by atoms with van der Waals surface area (Å²) in [6, 6.07) is 6.51. The van der Waals surface area contributed by atoms with Gasteiger partial charge in [0.15, 0.2) is 0 Å². The average molecular weight is 222 g/mol. The summed E-state index contributed by atoms with van der Waals surface area (Å²) >= 11 is 1.72. The first-order valence-electron chi connectivity index (χ1n) is 5.11. The molecule has 0 aromatic carbocycles. The largest absolute Gasteiger partial charge is 0.381 e. The van der Waals surface area contributed by atoms with Gasteiger partial charge in [0.25, 0.3) is 0 Å². The highest BCUT2D eigenvalue weighted by molar-refractivity contribution is 7.09. The third kappa shape index (κ3) is 2.57. The Morgan fingerprint density at radius 3 is 2.93 bits per heavy atom. The van der Waals surface area contributed by atoms with Crippen LogP contribution < -0.4 is 5.32 Å². The fraction of sp³-hybridized carbons (Fsp3) is 0.545. The Kier molecular flexibility index (Phi) is 3.37. The van der Waals surface area contributed by atoms with Gasteiger partial charge >= 0.3 is 0 Å². The molecule has 4 heteroatoms. The fourth-order valence-corrected chi connectivity index (χ4v) is 2.36. The van der Waals surface area contributed by atoms with Crippen molar-refractivity contribution in [2.45, 2.75) is 24.9 Å². The van der Waals surface area contributed by atoms with E-state index < -0.39 is 0 Å². The summed E-state index contributed by atoms with van der Waals surface area (Å²) in [7, 11) is 0. The second-order valence-corrected chi connectivity index (χ2v) is 4.77. The summed E-state index contributed by atoms with van der Waals surface area (Å²) in [6.45, 7) is 2.15. The second kappa shape index (κ2) is 4.75. The van der Waals surface area contributed by atoms with Gasteiger partial charge in [0.2, 0.25) is 0 Å². The Bertz CT molecular complexity index is 336. The summed E-state index contributed by atoms with van der Waals surface area (Å²) in [5.74, 6) is 0. The van der Waals surface area contributed by atoms with Crippen molar-refractivity contribution in [3.05, 3.63) is 22.4 Å². The van der Waals surface area contributed by atoms with Crippen LogP contribution in [0.15, 0.2) is 17.5 Å². The Morgan fingerprint density at radius 1 is 1.53 bits per heavy atom. The highest BCUT2D eigenvalue weighted by Gasteiger charge is 2.31. The topological polar surface area (TPSA) is 45.0 Å². The Balaban J connectivity index is 1.93. The van der Waals surface area contributed by atoms with E-state index in [9.17, 15) is 5.26 Å². The lowest BCUT2D eigenvalue weighted by Crippen LogP contribution is -2.47. The van der Waals surface area contributed by atoms with Gasteiger partial charge in [-0.1, -0.05) is 6.07 Å². The molecule has 1 aliphatic heterocycles. The van der Waals surface area contributed by atoms with Crippen molar-refractivity contribution in [1.29, 1.82) is 5.26 Å². The molecule has 15 heavy (non-hydrogen) atoms. The zero-order valence-electron chi connectivity index (χ0n) is 8.53. The van der Waals surface area contributed by atoms with E-state index in [1.165, 1.54) is 4.88 Å². The monoisotopic (exact) mass is 222 g/mol. The molecule has 0 amide bonds. The lowest BCUT2D eigenvalue weighted by atomic mass is 9.92. The first-order chi connectivity index (χ1) is 7.35. The van der Waals surface area contributed by atoms with Crippen LogP contribution in [0.3, 0.4) is 0 Å². The minimum Gasteiger partial charge on any atom is -0.381 e. The summed E-state index contributed by atoms with van der Waals surface area (Å²) in [5, 5.41) is 14.6. The maximum absolute atomic E-state index is 9.21. The van der Waals surface area contributed by atoms with Crippen LogP contribution in [0.1, 0.15) is 17.7 Å². The highest BCUT2D eigenvalue weighted by atomic mass is 32.1. The zero-order chi connectivity index (χ0) is 10.6. The first kappa shape index (κ1) is 10.6. The molecule has 3 nitrogen and oxygen atoms in total. The molecule has 1 N–H and O–H groups in total. The van der Waals surface area contributed by atoms with Gasteiger partial charge in [-0.2, -0.15) is 5.26 Å². The minimum absolute atomic E-state index is 0.373. The van der Waals surface area contributed by atoms with Crippen LogP contribution in [-0.2, 0) is 11.3 Å². The number of hydrogen-bond acceptors (Lipinski definition) is 4.